The van der Waals surface area contributed by atoms with Crippen molar-refractivity contribution in [1.82, 2.24) is 0 Å². The van der Waals surface area contributed by atoms with Gasteiger partial charge in [-0.05, 0) is 50.9 Å². The minimum absolute atomic E-state index is 0.924. The topological polar surface area (TPSA) is 0 Å². The second-order valence-electron chi connectivity index (χ2n) is 6.38. The summed E-state index contributed by atoms with van der Waals surface area (Å²) in [5, 5.41) is 0. The van der Waals surface area contributed by atoms with Crippen molar-refractivity contribution in [1.29, 1.82) is 0 Å². The van der Waals surface area contributed by atoms with Crippen molar-refractivity contribution in [3.8, 4) is 0 Å². The fourth-order valence-electron chi connectivity index (χ4n) is 3.78. The van der Waals surface area contributed by atoms with Gasteiger partial charge in [-0.3, -0.25) is 0 Å². The van der Waals surface area contributed by atoms with Crippen LogP contribution in [0.5, 0.6) is 0 Å². The monoisotopic (exact) mass is 234 g/mol. The van der Waals surface area contributed by atoms with Gasteiger partial charge in [0.2, 0.25) is 0 Å². The van der Waals surface area contributed by atoms with E-state index in [0.29, 0.717) is 0 Å². The smallest absolute Gasteiger partial charge is 0.0203 e. The Morgan fingerprint density at radius 1 is 0.765 bits per heavy atom. The molecule has 98 valence electrons. The van der Waals surface area contributed by atoms with Crippen molar-refractivity contribution < 1.29 is 0 Å². The van der Waals surface area contributed by atoms with Crippen LogP contribution in [0.25, 0.3) is 0 Å². The van der Waals surface area contributed by atoms with Gasteiger partial charge < -0.3 is 0 Å². The minimum Gasteiger partial charge on any atom is -0.0822 e. The molecule has 0 spiro atoms. The third-order valence-corrected chi connectivity index (χ3v) is 4.86. The predicted octanol–water partition coefficient (Wildman–Crippen LogP) is 5.87. The van der Waals surface area contributed by atoms with Crippen molar-refractivity contribution in [2.75, 3.05) is 0 Å². The van der Waals surface area contributed by atoms with Crippen LogP contribution >= 0.6 is 0 Å². The van der Waals surface area contributed by atoms with Gasteiger partial charge in [0.25, 0.3) is 0 Å². The Morgan fingerprint density at radius 3 is 2.12 bits per heavy atom. The highest BCUT2D eigenvalue weighted by molar-refractivity contribution is 5.03. The summed E-state index contributed by atoms with van der Waals surface area (Å²) < 4.78 is 0. The minimum atomic E-state index is 0.924. The van der Waals surface area contributed by atoms with Gasteiger partial charge in [0.05, 0.1) is 0 Å². The first-order valence-electron chi connectivity index (χ1n) is 8.03. The summed E-state index contributed by atoms with van der Waals surface area (Å²) in [6.45, 7) is 2.36. The summed E-state index contributed by atoms with van der Waals surface area (Å²) in [6.07, 6.45) is 20.4. The van der Waals surface area contributed by atoms with Crippen molar-refractivity contribution in [2.45, 2.75) is 84.0 Å². The Balaban J connectivity index is 1.95. The molecule has 2 aliphatic rings. The first-order chi connectivity index (χ1) is 8.36. The van der Waals surface area contributed by atoms with Crippen LogP contribution in [0.15, 0.2) is 11.6 Å². The average Bonchev–Trinajstić information content (AvgIpc) is 2.23. The molecule has 0 radical (unpaired) electrons. The van der Waals surface area contributed by atoms with Gasteiger partial charge in [0.15, 0.2) is 0 Å². The molecule has 1 atom stereocenters. The fraction of sp³-hybridized carbons (Fsp3) is 0.882. The zero-order valence-electron chi connectivity index (χ0n) is 11.7. The van der Waals surface area contributed by atoms with Crippen molar-refractivity contribution in [3.05, 3.63) is 11.6 Å². The van der Waals surface area contributed by atoms with Crippen LogP contribution in [0.1, 0.15) is 84.0 Å². The van der Waals surface area contributed by atoms with Gasteiger partial charge in [0.1, 0.15) is 0 Å². The highest BCUT2D eigenvalue weighted by Gasteiger charge is 2.21. The first kappa shape index (κ1) is 13.2. The highest BCUT2D eigenvalue weighted by Crippen LogP contribution is 2.34. The number of hydrogen-bond donors (Lipinski definition) is 0. The molecule has 0 aromatic rings. The zero-order valence-corrected chi connectivity index (χ0v) is 11.7. The molecule has 0 amide bonds. The van der Waals surface area contributed by atoms with Gasteiger partial charge in [-0.1, -0.05) is 56.6 Å². The maximum absolute atomic E-state index is 2.66. The van der Waals surface area contributed by atoms with E-state index < -0.39 is 0 Å². The second kappa shape index (κ2) is 7.24. The summed E-state index contributed by atoms with van der Waals surface area (Å²) in [6, 6.07) is 0. The van der Waals surface area contributed by atoms with Gasteiger partial charge in [-0.15, -0.1) is 0 Å². The molecule has 0 saturated heterocycles. The maximum Gasteiger partial charge on any atom is -0.0203 e. The van der Waals surface area contributed by atoms with E-state index in [1.54, 1.807) is 5.57 Å². The van der Waals surface area contributed by atoms with Gasteiger partial charge in [-0.2, -0.15) is 0 Å². The van der Waals surface area contributed by atoms with Gasteiger partial charge in [-0.25, -0.2) is 0 Å². The van der Waals surface area contributed by atoms with Crippen molar-refractivity contribution in [2.24, 2.45) is 11.8 Å². The average molecular weight is 234 g/mol. The van der Waals surface area contributed by atoms with E-state index in [1.165, 1.54) is 77.0 Å². The summed E-state index contributed by atoms with van der Waals surface area (Å²) in [5.74, 6) is 1.94. The first-order valence-corrected chi connectivity index (χ1v) is 8.03. The normalized spacial score (nSPS) is 29.7. The molecule has 0 N–H and O–H groups in total. The lowest BCUT2D eigenvalue weighted by Crippen LogP contribution is -2.16. The Bertz CT molecular complexity index is 230. The molecule has 0 nitrogen and oxygen atoms in total. The van der Waals surface area contributed by atoms with E-state index in [0.717, 1.165) is 11.8 Å². The van der Waals surface area contributed by atoms with E-state index >= 15 is 0 Å². The molecule has 0 aliphatic heterocycles. The highest BCUT2D eigenvalue weighted by atomic mass is 14.3. The second-order valence-corrected chi connectivity index (χ2v) is 6.38. The molecule has 1 unspecified atom stereocenters. The molecule has 0 heteroatoms. The van der Waals surface area contributed by atoms with Crippen LogP contribution in [0, 0.1) is 11.8 Å². The van der Waals surface area contributed by atoms with Gasteiger partial charge in [0, 0.05) is 0 Å². The molecule has 2 rings (SSSR count). The molecule has 1 saturated carbocycles. The van der Waals surface area contributed by atoms with Crippen LogP contribution in [0.4, 0.5) is 0 Å². The molecule has 0 heterocycles. The lowest BCUT2D eigenvalue weighted by molar-refractivity contribution is 0.284. The Hall–Kier alpha value is -0.260. The SMILES string of the molecule is CC1=CC(C2CCCCCCC2)CCCCC1. The predicted molar refractivity (Wildman–Crippen MR) is 76.1 cm³/mol. The summed E-state index contributed by atoms with van der Waals surface area (Å²) in [7, 11) is 0. The molecule has 0 aromatic carbocycles. The Morgan fingerprint density at radius 2 is 1.35 bits per heavy atom. The van der Waals surface area contributed by atoms with E-state index in [9.17, 15) is 0 Å². The Labute approximate surface area is 108 Å². The lowest BCUT2D eigenvalue weighted by Gasteiger charge is -2.28. The van der Waals surface area contributed by atoms with E-state index in [-0.39, 0.29) is 0 Å². The zero-order chi connectivity index (χ0) is 11.9. The molecule has 0 aromatic heterocycles. The van der Waals surface area contributed by atoms with Crippen LogP contribution < -0.4 is 0 Å². The molecule has 2 aliphatic carbocycles. The number of allylic oxidation sites excluding steroid dienone is 2. The van der Waals surface area contributed by atoms with E-state index in [2.05, 4.69) is 13.0 Å². The quantitative estimate of drug-likeness (QED) is 0.497. The molecule has 17 heavy (non-hydrogen) atoms. The molecule has 1 fully saturated rings. The summed E-state index contributed by atoms with van der Waals surface area (Å²) >= 11 is 0. The lowest BCUT2D eigenvalue weighted by atomic mass is 9.77. The third kappa shape index (κ3) is 4.48. The van der Waals surface area contributed by atoms with Crippen LogP contribution in [-0.2, 0) is 0 Å². The number of hydrogen-bond acceptors (Lipinski definition) is 0. The molecular weight excluding hydrogens is 204 g/mol. The van der Waals surface area contributed by atoms with E-state index in [4.69, 9.17) is 0 Å². The number of rotatable bonds is 1. The fourth-order valence-corrected chi connectivity index (χ4v) is 3.78. The van der Waals surface area contributed by atoms with Crippen molar-refractivity contribution in [3.63, 3.8) is 0 Å². The van der Waals surface area contributed by atoms with Crippen molar-refractivity contribution >= 4 is 0 Å². The van der Waals surface area contributed by atoms with Crippen LogP contribution in [0.2, 0.25) is 0 Å². The van der Waals surface area contributed by atoms with E-state index in [1.807, 2.05) is 0 Å². The summed E-state index contributed by atoms with van der Waals surface area (Å²) in [5.41, 5.74) is 1.68. The molecular formula is C17H30. The Kier molecular flexibility index (Phi) is 5.61. The van der Waals surface area contributed by atoms with Crippen LogP contribution in [-0.4, -0.2) is 0 Å². The largest absolute Gasteiger partial charge is 0.0822 e. The standard InChI is InChI=1S/C17H30/c1-15-10-6-5-9-13-17(14-15)16-11-7-3-2-4-8-12-16/h14,16-17H,2-13H2,1H3. The molecule has 0 bridgehead atoms. The van der Waals surface area contributed by atoms with Gasteiger partial charge >= 0.3 is 0 Å². The summed E-state index contributed by atoms with van der Waals surface area (Å²) in [4.78, 5) is 0. The third-order valence-electron chi connectivity index (χ3n) is 4.86. The van der Waals surface area contributed by atoms with Crippen LogP contribution in [0.3, 0.4) is 0 Å². The maximum atomic E-state index is 2.66.